The smallest absolute Gasteiger partial charge is 0.326 e. The van der Waals surface area contributed by atoms with E-state index in [1.165, 1.54) is 0 Å². The Morgan fingerprint density at radius 1 is 1.19 bits per heavy atom. The third-order valence-electron chi connectivity index (χ3n) is 4.83. The van der Waals surface area contributed by atoms with E-state index in [4.69, 9.17) is 23.1 Å². The molecule has 1 atom stereocenters. The number of fused-ring (bicyclic) bond motifs is 1. The van der Waals surface area contributed by atoms with Gasteiger partial charge in [0.15, 0.2) is 0 Å². The summed E-state index contributed by atoms with van der Waals surface area (Å²) in [6.45, 7) is 0.725. The number of amides is 1. The number of anilines is 2. The van der Waals surface area contributed by atoms with Gasteiger partial charge in [-0.2, -0.15) is 0 Å². The predicted octanol–water partition coefficient (Wildman–Crippen LogP) is 1.69. The van der Waals surface area contributed by atoms with Crippen LogP contribution in [0.5, 0.6) is 0 Å². The van der Waals surface area contributed by atoms with Crippen LogP contribution >= 0.6 is 11.6 Å². The second-order valence-corrected chi connectivity index (χ2v) is 7.50. The number of benzene rings is 2. The van der Waals surface area contributed by atoms with Crippen LogP contribution in [0.25, 0.3) is 10.9 Å². The summed E-state index contributed by atoms with van der Waals surface area (Å²) in [5, 5.41) is 15.3. The van der Waals surface area contributed by atoms with E-state index in [1.54, 1.807) is 36.4 Å². The zero-order valence-corrected chi connectivity index (χ0v) is 17.8. The summed E-state index contributed by atoms with van der Waals surface area (Å²) in [5.74, 6) is -1.56. The molecule has 168 valence electrons. The largest absolute Gasteiger partial charge is 0.480 e. The second-order valence-electron chi connectivity index (χ2n) is 7.12. The molecule has 0 saturated carbocycles. The maximum Gasteiger partial charge on any atom is 0.326 e. The summed E-state index contributed by atoms with van der Waals surface area (Å²) in [6, 6.07) is 9.04. The van der Waals surface area contributed by atoms with Crippen molar-refractivity contribution in [3.05, 3.63) is 62.9 Å². The highest BCUT2D eigenvalue weighted by Crippen LogP contribution is 2.28. The van der Waals surface area contributed by atoms with Gasteiger partial charge in [-0.3, -0.25) is 14.6 Å². The molecule has 3 aromatic rings. The van der Waals surface area contributed by atoms with E-state index < -0.39 is 23.5 Å². The van der Waals surface area contributed by atoms with E-state index in [1.807, 2.05) is 0 Å². The van der Waals surface area contributed by atoms with E-state index in [9.17, 15) is 19.5 Å². The Hall–Kier alpha value is -3.63. The maximum absolute atomic E-state index is 12.4. The SMILES string of the molecule is NCCC[C@H](NC(=O)c1ccc(CNc2ccc3nc(N)[nH]c(=O)c3c2Cl)cc1)C(=O)O. The van der Waals surface area contributed by atoms with Crippen molar-refractivity contribution in [2.75, 3.05) is 17.6 Å². The van der Waals surface area contributed by atoms with Crippen molar-refractivity contribution in [2.24, 2.45) is 5.73 Å². The molecule has 32 heavy (non-hydrogen) atoms. The predicted molar refractivity (Wildman–Crippen MR) is 123 cm³/mol. The average Bonchev–Trinajstić information content (AvgIpc) is 2.75. The number of nitrogens with two attached hydrogens (primary N) is 2. The zero-order valence-electron chi connectivity index (χ0n) is 17.0. The molecule has 0 unspecified atom stereocenters. The van der Waals surface area contributed by atoms with Gasteiger partial charge in [0.05, 0.1) is 21.6 Å². The molecule has 0 aliphatic rings. The summed E-state index contributed by atoms with van der Waals surface area (Å²) in [7, 11) is 0. The summed E-state index contributed by atoms with van der Waals surface area (Å²) >= 11 is 6.37. The molecule has 1 aromatic heterocycles. The molecule has 0 saturated heterocycles. The van der Waals surface area contributed by atoms with Gasteiger partial charge >= 0.3 is 5.97 Å². The minimum Gasteiger partial charge on any atom is -0.480 e. The summed E-state index contributed by atoms with van der Waals surface area (Å²) in [6.07, 6.45) is 0.755. The van der Waals surface area contributed by atoms with Crippen LogP contribution in [0.1, 0.15) is 28.8 Å². The van der Waals surface area contributed by atoms with Gasteiger partial charge < -0.3 is 27.2 Å². The fourth-order valence-electron chi connectivity index (χ4n) is 3.14. The van der Waals surface area contributed by atoms with Gasteiger partial charge in [-0.1, -0.05) is 23.7 Å². The Morgan fingerprint density at radius 3 is 2.56 bits per heavy atom. The van der Waals surface area contributed by atoms with Crippen LogP contribution in [0.15, 0.2) is 41.2 Å². The van der Waals surface area contributed by atoms with E-state index in [0.29, 0.717) is 36.3 Å². The number of aromatic amines is 1. The van der Waals surface area contributed by atoms with Gasteiger partial charge in [-0.15, -0.1) is 0 Å². The van der Waals surface area contributed by atoms with Gasteiger partial charge in [0, 0.05) is 12.1 Å². The number of nitrogens with zero attached hydrogens (tertiary/aromatic N) is 1. The molecule has 0 fully saturated rings. The van der Waals surface area contributed by atoms with Crippen molar-refractivity contribution >= 4 is 46.0 Å². The van der Waals surface area contributed by atoms with Crippen LogP contribution in [0.4, 0.5) is 11.6 Å². The number of H-pyrrole nitrogens is 1. The normalized spacial score (nSPS) is 11.8. The van der Waals surface area contributed by atoms with Gasteiger partial charge in [0.1, 0.15) is 6.04 Å². The van der Waals surface area contributed by atoms with Crippen molar-refractivity contribution in [3.8, 4) is 0 Å². The van der Waals surface area contributed by atoms with Crippen LogP contribution in [0.2, 0.25) is 5.02 Å². The number of carboxylic acids is 1. The third kappa shape index (κ3) is 5.34. The Bertz CT molecular complexity index is 1200. The van der Waals surface area contributed by atoms with Crippen molar-refractivity contribution < 1.29 is 14.7 Å². The first-order chi connectivity index (χ1) is 15.3. The third-order valence-corrected chi connectivity index (χ3v) is 5.22. The quantitative estimate of drug-likeness (QED) is 0.280. The molecular weight excluding hydrogens is 436 g/mol. The van der Waals surface area contributed by atoms with Crippen molar-refractivity contribution in [3.63, 3.8) is 0 Å². The Morgan fingerprint density at radius 2 is 1.91 bits per heavy atom. The Labute approximate surface area is 188 Å². The molecule has 0 radical (unpaired) electrons. The second kappa shape index (κ2) is 10.1. The average molecular weight is 459 g/mol. The number of carbonyl (C=O) groups is 2. The first-order valence-electron chi connectivity index (χ1n) is 9.84. The lowest BCUT2D eigenvalue weighted by Gasteiger charge is -2.14. The van der Waals surface area contributed by atoms with Crippen LogP contribution in [-0.2, 0) is 11.3 Å². The minimum absolute atomic E-state index is 0.0115. The standard InChI is InChI=1S/C21H23ClN6O4/c22-17-14(8-7-13-16(17)19(30)28-21(24)27-13)25-10-11-3-5-12(6-4-11)18(29)26-15(20(31)32)2-1-9-23/h3-8,15,25H,1-2,9-10,23H2,(H,26,29)(H,31,32)(H3,24,27,28,30)/t15-/m0/s1. The van der Waals surface area contributed by atoms with Crippen molar-refractivity contribution in [1.82, 2.24) is 15.3 Å². The topological polar surface area (TPSA) is 176 Å². The number of nitrogens with one attached hydrogen (secondary N) is 3. The van der Waals surface area contributed by atoms with E-state index in [-0.39, 0.29) is 22.8 Å². The summed E-state index contributed by atoms with van der Waals surface area (Å²) in [5.41, 5.74) is 12.7. The van der Waals surface area contributed by atoms with E-state index >= 15 is 0 Å². The molecule has 11 heteroatoms. The summed E-state index contributed by atoms with van der Waals surface area (Å²) in [4.78, 5) is 42.3. The first kappa shape index (κ1) is 23.0. The van der Waals surface area contributed by atoms with Gasteiger partial charge in [0.2, 0.25) is 5.95 Å². The first-order valence-corrected chi connectivity index (χ1v) is 10.2. The lowest BCUT2D eigenvalue weighted by Crippen LogP contribution is -2.41. The van der Waals surface area contributed by atoms with E-state index in [2.05, 4.69) is 20.6 Å². The molecule has 8 N–H and O–H groups in total. The molecular formula is C21H23ClN6O4. The van der Waals surface area contributed by atoms with Gasteiger partial charge in [0.25, 0.3) is 11.5 Å². The lowest BCUT2D eigenvalue weighted by atomic mass is 10.1. The Balaban J connectivity index is 1.67. The van der Waals surface area contributed by atoms with Crippen molar-refractivity contribution in [1.29, 1.82) is 0 Å². The highest BCUT2D eigenvalue weighted by molar-refractivity contribution is 6.38. The highest BCUT2D eigenvalue weighted by Gasteiger charge is 2.20. The number of hydrogen-bond acceptors (Lipinski definition) is 7. The molecule has 0 spiro atoms. The van der Waals surface area contributed by atoms with Crippen LogP contribution in [-0.4, -0.2) is 39.5 Å². The number of aromatic nitrogens is 2. The highest BCUT2D eigenvalue weighted by atomic mass is 35.5. The monoisotopic (exact) mass is 458 g/mol. The molecule has 2 aromatic carbocycles. The van der Waals surface area contributed by atoms with Gasteiger partial charge in [-0.05, 0) is 49.2 Å². The molecule has 1 amide bonds. The van der Waals surface area contributed by atoms with Crippen molar-refractivity contribution in [2.45, 2.75) is 25.4 Å². The number of carbonyl (C=O) groups excluding carboxylic acids is 1. The molecule has 0 bridgehead atoms. The van der Waals surface area contributed by atoms with Crippen LogP contribution < -0.4 is 27.7 Å². The Kier molecular flexibility index (Phi) is 7.29. The fourth-order valence-corrected chi connectivity index (χ4v) is 3.45. The minimum atomic E-state index is -1.10. The van der Waals surface area contributed by atoms with Crippen LogP contribution in [0.3, 0.4) is 0 Å². The lowest BCUT2D eigenvalue weighted by molar-refractivity contribution is -0.139. The number of aliphatic carboxylic acids is 1. The molecule has 1 heterocycles. The maximum atomic E-state index is 12.4. The summed E-state index contributed by atoms with van der Waals surface area (Å²) < 4.78 is 0. The number of nitrogen functional groups attached to an aromatic ring is 1. The number of carboxylic acid groups (broad SMARTS) is 1. The zero-order chi connectivity index (χ0) is 23.3. The fraction of sp³-hybridized carbons (Fsp3) is 0.238. The van der Waals surface area contributed by atoms with E-state index in [0.717, 1.165) is 5.56 Å². The molecule has 0 aliphatic carbocycles. The molecule has 3 rings (SSSR count). The number of halogens is 1. The van der Waals surface area contributed by atoms with Crippen LogP contribution in [0, 0.1) is 0 Å². The van der Waals surface area contributed by atoms with Gasteiger partial charge in [-0.25, -0.2) is 9.78 Å². The number of rotatable bonds is 9. The molecule has 0 aliphatic heterocycles. The number of hydrogen-bond donors (Lipinski definition) is 6. The molecule has 10 nitrogen and oxygen atoms in total.